The van der Waals surface area contributed by atoms with Crippen LogP contribution >= 0.6 is 0 Å². The van der Waals surface area contributed by atoms with Crippen molar-refractivity contribution in [2.24, 2.45) is 0 Å². The SMILES string of the molecule is CCNCC(C)(CC)Oc1ccc(CC)cc1OC. The van der Waals surface area contributed by atoms with Crippen LogP contribution in [0.3, 0.4) is 0 Å². The number of benzene rings is 1. The predicted octanol–water partition coefficient (Wildman–Crippen LogP) is 3.41. The highest BCUT2D eigenvalue weighted by atomic mass is 16.5. The zero-order valence-corrected chi connectivity index (χ0v) is 12.9. The standard InChI is InChI=1S/C16H27NO2/c1-6-13-9-10-14(15(11-13)18-5)19-16(4,7-2)12-17-8-3/h9-11,17H,6-8,12H2,1-5H3. The highest BCUT2D eigenvalue weighted by Crippen LogP contribution is 2.32. The zero-order chi connectivity index (χ0) is 14.3. The van der Waals surface area contributed by atoms with Crippen molar-refractivity contribution in [3.05, 3.63) is 23.8 Å². The number of aryl methyl sites for hydroxylation is 1. The van der Waals surface area contributed by atoms with E-state index >= 15 is 0 Å². The number of ether oxygens (including phenoxy) is 2. The van der Waals surface area contributed by atoms with Crippen LogP contribution in [0.15, 0.2) is 18.2 Å². The van der Waals surface area contributed by atoms with Gasteiger partial charge < -0.3 is 14.8 Å². The van der Waals surface area contributed by atoms with Crippen LogP contribution in [0.25, 0.3) is 0 Å². The van der Waals surface area contributed by atoms with Gasteiger partial charge in [-0.3, -0.25) is 0 Å². The van der Waals surface area contributed by atoms with Crippen LogP contribution in [0, 0.1) is 0 Å². The van der Waals surface area contributed by atoms with Crippen LogP contribution in [-0.4, -0.2) is 25.8 Å². The maximum atomic E-state index is 6.19. The van der Waals surface area contributed by atoms with Crippen molar-refractivity contribution in [3.63, 3.8) is 0 Å². The minimum atomic E-state index is -0.211. The molecule has 108 valence electrons. The first-order valence-corrected chi connectivity index (χ1v) is 7.15. The molecule has 0 radical (unpaired) electrons. The molecule has 0 saturated carbocycles. The van der Waals surface area contributed by atoms with Gasteiger partial charge in [0.05, 0.1) is 7.11 Å². The molecule has 0 fully saturated rings. The number of hydrogen-bond donors (Lipinski definition) is 1. The first kappa shape index (κ1) is 15.8. The van der Waals surface area contributed by atoms with Gasteiger partial charge in [0.25, 0.3) is 0 Å². The van der Waals surface area contributed by atoms with E-state index in [1.807, 2.05) is 6.07 Å². The molecule has 1 aromatic rings. The van der Waals surface area contributed by atoms with E-state index in [1.54, 1.807) is 7.11 Å². The summed E-state index contributed by atoms with van der Waals surface area (Å²) in [6.45, 7) is 10.3. The Morgan fingerprint density at radius 2 is 1.89 bits per heavy atom. The molecular formula is C16H27NO2. The van der Waals surface area contributed by atoms with Crippen LogP contribution in [-0.2, 0) is 6.42 Å². The van der Waals surface area contributed by atoms with Gasteiger partial charge >= 0.3 is 0 Å². The maximum Gasteiger partial charge on any atom is 0.162 e. The monoisotopic (exact) mass is 265 g/mol. The largest absolute Gasteiger partial charge is 0.493 e. The second kappa shape index (κ2) is 7.39. The van der Waals surface area contributed by atoms with Gasteiger partial charge in [0, 0.05) is 6.54 Å². The van der Waals surface area contributed by atoms with Crippen molar-refractivity contribution >= 4 is 0 Å². The lowest BCUT2D eigenvalue weighted by Crippen LogP contribution is -2.42. The molecule has 1 N–H and O–H groups in total. The third kappa shape index (κ3) is 4.43. The van der Waals surface area contributed by atoms with Crippen molar-refractivity contribution in [2.45, 2.75) is 46.1 Å². The maximum absolute atomic E-state index is 6.19. The second-order valence-electron chi connectivity index (χ2n) is 5.02. The molecule has 0 aromatic heterocycles. The molecule has 3 heteroatoms. The topological polar surface area (TPSA) is 30.5 Å². The van der Waals surface area contributed by atoms with Crippen LogP contribution in [0.4, 0.5) is 0 Å². The lowest BCUT2D eigenvalue weighted by Gasteiger charge is -2.30. The highest BCUT2D eigenvalue weighted by Gasteiger charge is 2.25. The van der Waals surface area contributed by atoms with E-state index in [-0.39, 0.29) is 5.60 Å². The smallest absolute Gasteiger partial charge is 0.162 e. The molecule has 1 atom stereocenters. The lowest BCUT2D eigenvalue weighted by molar-refractivity contribution is 0.0805. The molecule has 1 unspecified atom stereocenters. The minimum absolute atomic E-state index is 0.211. The van der Waals surface area contributed by atoms with Crippen LogP contribution in [0.5, 0.6) is 11.5 Å². The van der Waals surface area contributed by atoms with Gasteiger partial charge in [-0.15, -0.1) is 0 Å². The van der Waals surface area contributed by atoms with Crippen molar-refractivity contribution in [1.82, 2.24) is 5.32 Å². The average molecular weight is 265 g/mol. The zero-order valence-electron chi connectivity index (χ0n) is 12.9. The van der Waals surface area contributed by atoms with Crippen molar-refractivity contribution in [3.8, 4) is 11.5 Å². The van der Waals surface area contributed by atoms with E-state index in [1.165, 1.54) is 5.56 Å². The summed E-state index contributed by atoms with van der Waals surface area (Å²) in [5.41, 5.74) is 1.05. The molecular weight excluding hydrogens is 238 g/mol. The molecule has 0 saturated heterocycles. The fourth-order valence-corrected chi connectivity index (χ4v) is 1.90. The number of nitrogens with one attached hydrogen (secondary N) is 1. The fourth-order valence-electron chi connectivity index (χ4n) is 1.90. The number of likely N-dealkylation sites (N-methyl/N-ethyl adjacent to an activating group) is 1. The summed E-state index contributed by atoms with van der Waals surface area (Å²) < 4.78 is 11.6. The van der Waals surface area contributed by atoms with Gasteiger partial charge in [-0.2, -0.15) is 0 Å². The van der Waals surface area contributed by atoms with E-state index in [0.29, 0.717) is 0 Å². The first-order chi connectivity index (χ1) is 9.08. The van der Waals surface area contributed by atoms with Crippen LogP contribution < -0.4 is 14.8 Å². The van der Waals surface area contributed by atoms with Crippen molar-refractivity contribution in [2.75, 3.05) is 20.2 Å². The van der Waals surface area contributed by atoms with E-state index < -0.39 is 0 Å². The third-order valence-corrected chi connectivity index (χ3v) is 3.49. The Bertz CT molecular complexity index is 392. The van der Waals surface area contributed by atoms with Gasteiger partial charge in [-0.1, -0.05) is 26.8 Å². The Kier molecular flexibility index (Phi) is 6.16. The minimum Gasteiger partial charge on any atom is -0.493 e. The van der Waals surface area contributed by atoms with Crippen LogP contribution in [0.2, 0.25) is 0 Å². The Morgan fingerprint density at radius 3 is 2.42 bits per heavy atom. The normalized spacial score (nSPS) is 13.9. The molecule has 0 heterocycles. The first-order valence-electron chi connectivity index (χ1n) is 7.15. The average Bonchev–Trinajstić information content (AvgIpc) is 2.45. The summed E-state index contributed by atoms with van der Waals surface area (Å²) in [4.78, 5) is 0. The Balaban J connectivity index is 2.89. The van der Waals surface area contributed by atoms with E-state index in [0.717, 1.165) is 37.4 Å². The molecule has 3 nitrogen and oxygen atoms in total. The molecule has 19 heavy (non-hydrogen) atoms. The molecule has 0 bridgehead atoms. The van der Waals surface area contributed by atoms with Crippen molar-refractivity contribution in [1.29, 1.82) is 0 Å². The van der Waals surface area contributed by atoms with E-state index in [4.69, 9.17) is 9.47 Å². The quantitative estimate of drug-likeness (QED) is 0.781. The summed E-state index contributed by atoms with van der Waals surface area (Å²) in [6.07, 6.45) is 1.94. The van der Waals surface area contributed by atoms with Gasteiger partial charge in [0.15, 0.2) is 11.5 Å². The summed E-state index contributed by atoms with van der Waals surface area (Å²) in [7, 11) is 1.69. The summed E-state index contributed by atoms with van der Waals surface area (Å²) >= 11 is 0. The van der Waals surface area contributed by atoms with Gasteiger partial charge in [0.1, 0.15) is 5.60 Å². The van der Waals surface area contributed by atoms with Gasteiger partial charge in [0.2, 0.25) is 0 Å². The second-order valence-corrected chi connectivity index (χ2v) is 5.02. The summed E-state index contributed by atoms with van der Waals surface area (Å²) in [6, 6.07) is 6.16. The summed E-state index contributed by atoms with van der Waals surface area (Å²) in [5, 5.41) is 3.35. The molecule has 1 aromatic carbocycles. The van der Waals surface area contributed by atoms with E-state index in [2.05, 4.69) is 45.1 Å². The van der Waals surface area contributed by atoms with Gasteiger partial charge in [-0.05, 0) is 44.0 Å². The summed E-state index contributed by atoms with van der Waals surface area (Å²) in [5.74, 6) is 1.64. The molecule has 0 amide bonds. The molecule has 0 aliphatic heterocycles. The number of methoxy groups -OCH3 is 1. The van der Waals surface area contributed by atoms with Gasteiger partial charge in [-0.25, -0.2) is 0 Å². The van der Waals surface area contributed by atoms with Crippen LogP contribution in [0.1, 0.15) is 39.7 Å². The van der Waals surface area contributed by atoms with Crippen molar-refractivity contribution < 1.29 is 9.47 Å². The third-order valence-electron chi connectivity index (χ3n) is 3.49. The fraction of sp³-hybridized carbons (Fsp3) is 0.625. The lowest BCUT2D eigenvalue weighted by atomic mass is 10.0. The molecule has 1 rings (SSSR count). The highest BCUT2D eigenvalue weighted by molar-refractivity contribution is 5.43. The van der Waals surface area contributed by atoms with E-state index in [9.17, 15) is 0 Å². The Hall–Kier alpha value is -1.22. The molecule has 0 spiro atoms. The number of rotatable bonds is 8. The number of hydrogen-bond acceptors (Lipinski definition) is 3. The predicted molar refractivity (Wildman–Crippen MR) is 80.2 cm³/mol. The Labute approximate surface area is 117 Å². The Morgan fingerprint density at radius 1 is 1.16 bits per heavy atom. The molecule has 0 aliphatic carbocycles. The molecule has 0 aliphatic rings.